The molecule has 0 bridgehead atoms. The van der Waals surface area contributed by atoms with Crippen LogP contribution in [0.3, 0.4) is 0 Å². The maximum atomic E-state index is 12.4. The summed E-state index contributed by atoms with van der Waals surface area (Å²) < 4.78 is 5.37. The van der Waals surface area contributed by atoms with Crippen molar-refractivity contribution in [2.45, 2.75) is 13.1 Å². The summed E-state index contributed by atoms with van der Waals surface area (Å²) in [6.07, 6.45) is 1.76. The van der Waals surface area contributed by atoms with Crippen LogP contribution in [0.4, 0.5) is 0 Å². The topological polar surface area (TPSA) is 62.5 Å². The molecule has 0 saturated heterocycles. The maximum Gasteiger partial charge on any atom is 0.236 e. The lowest BCUT2D eigenvalue weighted by molar-refractivity contribution is -0.131. The van der Waals surface area contributed by atoms with E-state index in [1.807, 2.05) is 66.5 Å². The van der Waals surface area contributed by atoms with Crippen LogP contribution in [0.2, 0.25) is 0 Å². The van der Waals surface area contributed by atoms with Gasteiger partial charge in [0.2, 0.25) is 5.91 Å². The quantitative estimate of drug-likeness (QED) is 0.656. The molecule has 0 unspecified atom stereocenters. The molecular weight excluding hydrogens is 328 g/mol. The van der Waals surface area contributed by atoms with Gasteiger partial charge in [0.1, 0.15) is 5.69 Å². The standard InChI is InChI=1S/C20H22N4O2/c1-23(13-17-10-6-7-11-21-17)15-20(25)24(2)14-18-12-19(22-26-18)16-8-4-3-5-9-16/h3-12H,13-15H2,1-2H3. The zero-order valence-corrected chi connectivity index (χ0v) is 15.0. The highest BCUT2D eigenvalue weighted by Crippen LogP contribution is 2.19. The maximum absolute atomic E-state index is 12.4. The van der Waals surface area contributed by atoms with Crippen molar-refractivity contribution >= 4 is 5.91 Å². The van der Waals surface area contributed by atoms with Crippen LogP contribution in [0.25, 0.3) is 11.3 Å². The van der Waals surface area contributed by atoms with Crippen molar-refractivity contribution in [2.24, 2.45) is 0 Å². The normalized spacial score (nSPS) is 10.9. The van der Waals surface area contributed by atoms with Gasteiger partial charge in [0.25, 0.3) is 0 Å². The molecule has 0 N–H and O–H groups in total. The molecule has 6 heteroatoms. The molecule has 134 valence electrons. The number of hydrogen-bond acceptors (Lipinski definition) is 5. The number of carbonyl (C=O) groups excluding carboxylic acids is 1. The summed E-state index contributed by atoms with van der Waals surface area (Å²) in [5.41, 5.74) is 2.70. The number of rotatable bonds is 7. The summed E-state index contributed by atoms with van der Waals surface area (Å²) in [7, 11) is 3.67. The number of pyridine rings is 1. The Hall–Kier alpha value is -2.99. The van der Waals surface area contributed by atoms with E-state index in [4.69, 9.17) is 4.52 Å². The van der Waals surface area contributed by atoms with Gasteiger partial charge < -0.3 is 9.42 Å². The first-order chi connectivity index (χ1) is 12.6. The first-order valence-electron chi connectivity index (χ1n) is 8.45. The van der Waals surface area contributed by atoms with E-state index in [0.717, 1.165) is 17.0 Å². The molecule has 0 saturated carbocycles. The Morgan fingerprint density at radius 2 is 1.81 bits per heavy atom. The highest BCUT2D eigenvalue weighted by atomic mass is 16.5. The van der Waals surface area contributed by atoms with Gasteiger partial charge in [-0.3, -0.25) is 14.7 Å². The molecule has 6 nitrogen and oxygen atoms in total. The third kappa shape index (κ3) is 4.77. The van der Waals surface area contributed by atoms with Crippen LogP contribution in [0.15, 0.2) is 65.3 Å². The van der Waals surface area contributed by atoms with Gasteiger partial charge in [0.15, 0.2) is 5.76 Å². The third-order valence-corrected chi connectivity index (χ3v) is 4.01. The van der Waals surface area contributed by atoms with Crippen molar-refractivity contribution in [1.29, 1.82) is 0 Å². The predicted molar refractivity (Wildman–Crippen MR) is 99.0 cm³/mol. The minimum Gasteiger partial charge on any atom is -0.359 e. The molecule has 0 aliphatic heterocycles. The lowest BCUT2D eigenvalue weighted by Crippen LogP contribution is -2.36. The molecule has 0 aliphatic carbocycles. The Balaban J connectivity index is 1.53. The number of benzene rings is 1. The van der Waals surface area contributed by atoms with E-state index in [2.05, 4.69) is 10.1 Å². The van der Waals surface area contributed by atoms with Gasteiger partial charge in [-0.2, -0.15) is 0 Å². The lowest BCUT2D eigenvalue weighted by Gasteiger charge is -2.20. The van der Waals surface area contributed by atoms with Gasteiger partial charge in [-0.25, -0.2) is 0 Å². The molecule has 0 fully saturated rings. The van der Waals surface area contributed by atoms with Crippen LogP contribution in [-0.2, 0) is 17.9 Å². The highest BCUT2D eigenvalue weighted by molar-refractivity contribution is 5.77. The smallest absolute Gasteiger partial charge is 0.236 e. The molecule has 3 rings (SSSR count). The minimum atomic E-state index is 0.0149. The van der Waals surface area contributed by atoms with E-state index in [0.29, 0.717) is 25.4 Å². The van der Waals surface area contributed by atoms with Crippen LogP contribution < -0.4 is 0 Å². The van der Waals surface area contributed by atoms with Gasteiger partial charge >= 0.3 is 0 Å². The molecule has 2 heterocycles. The Bertz CT molecular complexity index is 833. The highest BCUT2D eigenvalue weighted by Gasteiger charge is 2.15. The average Bonchev–Trinajstić information content (AvgIpc) is 3.11. The summed E-state index contributed by atoms with van der Waals surface area (Å²) in [6, 6.07) is 17.5. The zero-order valence-electron chi connectivity index (χ0n) is 15.0. The van der Waals surface area contributed by atoms with Gasteiger partial charge in [0.05, 0.1) is 18.8 Å². The first-order valence-corrected chi connectivity index (χ1v) is 8.45. The summed E-state index contributed by atoms with van der Waals surface area (Å²) in [6.45, 7) is 1.32. The Kier molecular flexibility index (Phi) is 5.76. The molecule has 0 atom stereocenters. The SMILES string of the molecule is CN(CC(=O)N(C)Cc1cc(-c2ccccc2)no1)Cc1ccccn1. The molecule has 3 aromatic rings. The van der Waals surface area contributed by atoms with E-state index in [1.54, 1.807) is 18.1 Å². The number of likely N-dealkylation sites (N-methyl/N-ethyl adjacent to an activating group) is 2. The molecule has 1 amide bonds. The second kappa shape index (κ2) is 8.40. The Labute approximate surface area is 153 Å². The van der Waals surface area contributed by atoms with E-state index in [-0.39, 0.29) is 5.91 Å². The largest absolute Gasteiger partial charge is 0.359 e. The Morgan fingerprint density at radius 3 is 2.54 bits per heavy atom. The van der Waals surface area contributed by atoms with Gasteiger partial charge in [-0.1, -0.05) is 41.6 Å². The van der Waals surface area contributed by atoms with Crippen molar-refractivity contribution in [3.8, 4) is 11.3 Å². The summed E-state index contributed by atoms with van der Waals surface area (Å²) >= 11 is 0. The third-order valence-electron chi connectivity index (χ3n) is 4.01. The fourth-order valence-corrected chi connectivity index (χ4v) is 2.63. The van der Waals surface area contributed by atoms with Crippen LogP contribution in [-0.4, -0.2) is 46.5 Å². The van der Waals surface area contributed by atoms with Crippen molar-refractivity contribution < 1.29 is 9.32 Å². The lowest BCUT2D eigenvalue weighted by atomic mass is 10.1. The fraction of sp³-hybridized carbons (Fsp3) is 0.250. The number of aromatic nitrogens is 2. The monoisotopic (exact) mass is 350 g/mol. The summed E-state index contributed by atoms with van der Waals surface area (Å²) in [4.78, 5) is 20.3. The Morgan fingerprint density at radius 1 is 1.04 bits per heavy atom. The molecule has 2 aromatic heterocycles. The first kappa shape index (κ1) is 17.8. The molecule has 1 aromatic carbocycles. The fourth-order valence-electron chi connectivity index (χ4n) is 2.63. The molecule has 26 heavy (non-hydrogen) atoms. The zero-order chi connectivity index (χ0) is 18.4. The average molecular weight is 350 g/mol. The van der Waals surface area contributed by atoms with Crippen molar-refractivity contribution in [2.75, 3.05) is 20.6 Å². The number of nitrogens with zero attached hydrogens (tertiary/aromatic N) is 4. The van der Waals surface area contributed by atoms with Gasteiger partial charge in [-0.15, -0.1) is 0 Å². The van der Waals surface area contributed by atoms with E-state index < -0.39 is 0 Å². The molecule has 0 spiro atoms. The molecular formula is C20H22N4O2. The van der Waals surface area contributed by atoms with Crippen LogP contribution in [0.5, 0.6) is 0 Å². The van der Waals surface area contributed by atoms with Crippen molar-refractivity contribution in [3.63, 3.8) is 0 Å². The number of hydrogen-bond donors (Lipinski definition) is 0. The van der Waals surface area contributed by atoms with Gasteiger partial charge in [0, 0.05) is 31.4 Å². The predicted octanol–water partition coefficient (Wildman–Crippen LogP) is 2.83. The van der Waals surface area contributed by atoms with E-state index in [1.165, 1.54) is 0 Å². The van der Waals surface area contributed by atoms with Crippen molar-refractivity contribution in [1.82, 2.24) is 19.9 Å². The number of amides is 1. The molecule has 0 aliphatic rings. The van der Waals surface area contributed by atoms with Crippen LogP contribution in [0, 0.1) is 0 Å². The minimum absolute atomic E-state index is 0.0149. The van der Waals surface area contributed by atoms with Crippen LogP contribution in [0.1, 0.15) is 11.5 Å². The van der Waals surface area contributed by atoms with Crippen molar-refractivity contribution in [3.05, 3.63) is 72.2 Å². The second-order valence-electron chi connectivity index (χ2n) is 6.29. The summed E-state index contributed by atoms with van der Waals surface area (Å²) in [5.74, 6) is 0.674. The van der Waals surface area contributed by atoms with Crippen LogP contribution >= 0.6 is 0 Å². The van der Waals surface area contributed by atoms with E-state index in [9.17, 15) is 4.79 Å². The van der Waals surface area contributed by atoms with Gasteiger partial charge in [-0.05, 0) is 19.2 Å². The second-order valence-corrected chi connectivity index (χ2v) is 6.29. The number of carbonyl (C=O) groups is 1. The summed E-state index contributed by atoms with van der Waals surface area (Å²) in [5, 5.41) is 4.08. The van der Waals surface area contributed by atoms with E-state index >= 15 is 0 Å². The molecule has 0 radical (unpaired) electrons.